The molecule has 41 heavy (non-hydrogen) atoms. The Balaban J connectivity index is 1.77. The molecule has 1 aliphatic rings. The first-order valence-electron chi connectivity index (χ1n) is 12.7. The fraction of sp³-hybridized carbons (Fsp3) is 0.129. The van der Waals surface area contributed by atoms with Gasteiger partial charge in [0.1, 0.15) is 0 Å². The third-order valence-corrected chi connectivity index (χ3v) is 10.3. The van der Waals surface area contributed by atoms with E-state index >= 15 is 0 Å². The molecule has 0 N–H and O–H groups in total. The number of anilines is 2. The molecule has 1 heterocycles. The lowest BCUT2D eigenvalue weighted by Gasteiger charge is -2.39. The van der Waals surface area contributed by atoms with Gasteiger partial charge < -0.3 is 4.74 Å². The summed E-state index contributed by atoms with van der Waals surface area (Å²) in [6, 6.07) is 25.9. The van der Waals surface area contributed by atoms with Crippen LogP contribution in [-0.4, -0.2) is 36.5 Å². The number of carbonyl (C=O) groups excluding carboxylic acids is 1. The predicted octanol–water partition coefficient (Wildman–Crippen LogP) is 5.54. The van der Waals surface area contributed by atoms with Crippen molar-refractivity contribution in [2.75, 3.05) is 22.3 Å². The van der Waals surface area contributed by atoms with E-state index in [0.717, 1.165) is 15.4 Å². The lowest BCUT2D eigenvalue weighted by molar-refractivity contribution is 0.0600. The van der Waals surface area contributed by atoms with Gasteiger partial charge in [0.05, 0.1) is 46.1 Å². The lowest BCUT2D eigenvalue weighted by atomic mass is 10.1. The number of carbonyl (C=O) groups is 1. The maximum Gasteiger partial charge on any atom is 0.338 e. The van der Waals surface area contributed by atoms with Crippen molar-refractivity contribution in [2.45, 2.75) is 23.6 Å². The van der Waals surface area contributed by atoms with E-state index in [1.807, 2.05) is 13.8 Å². The zero-order valence-electron chi connectivity index (χ0n) is 22.7. The number of hydrogen-bond donors (Lipinski definition) is 0. The Morgan fingerprint density at radius 2 is 1.22 bits per heavy atom. The largest absolute Gasteiger partial charge is 0.465 e. The fourth-order valence-corrected chi connectivity index (χ4v) is 7.63. The normalized spacial score (nSPS) is 14.6. The first kappa shape index (κ1) is 28.1. The number of ether oxygens (including phenoxy) is 1. The second-order valence-corrected chi connectivity index (χ2v) is 13.3. The molecule has 1 aliphatic heterocycles. The average molecular weight is 589 g/mol. The smallest absolute Gasteiger partial charge is 0.338 e. The molecule has 0 fully saturated rings. The molecule has 0 saturated carbocycles. The van der Waals surface area contributed by atoms with E-state index in [1.54, 1.807) is 72.8 Å². The van der Waals surface area contributed by atoms with Crippen molar-refractivity contribution < 1.29 is 26.4 Å². The molecule has 8 nitrogen and oxygen atoms in total. The van der Waals surface area contributed by atoms with Crippen LogP contribution < -0.4 is 8.61 Å². The van der Waals surface area contributed by atoms with Gasteiger partial charge in [0, 0.05) is 0 Å². The summed E-state index contributed by atoms with van der Waals surface area (Å²) in [5.41, 5.74) is 2.89. The quantitative estimate of drug-likeness (QED) is 0.275. The molecule has 0 radical (unpaired) electrons. The number of esters is 1. The topological polar surface area (TPSA) is 101 Å². The summed E-state index contributed by atoms with van der Waals surface area (Å²) >= 11 is 0. The maximum absolute atomic E-state index is 14.2. The number of benzene rings is 4. The molecule has 10 heteroatoms. The second-order valence-electron chi connectivity index (χ2n) is 9.61. The van der Waals surface area contributed by atoms with Gasteiger partial charge >= 0.3 is 5.97 Å². The summed E-state index contributed by atoms with van der Waals surface area (Å²) in [5, 5.41) is 0. The van der Waals surface area contributed by atoms with Gasteiger partial charge in [-0.05, 0) is 68.0 Å². The Kier molecular flexibility index (Phi) is 7.46. The molecule has 0 bridgehead atoms. The minimum absolute atomic E-state index is 0.0416. The van der Waals surface area contributed by atoms with Gasteiger partial charge in [-0.1, -0.05) is 65.7 Å². The Bertz CT molecular complexity index is 1860. The van der Waals surface area contributed by atoms with Crippen LogP contribution in [0, 0.1) is 13.8 Å². The highest BCUT2D eigenvalue weighted by molar-refractivity contribution is 7.93. The van der Waals surface area contributed by atoms with Gasteiger partial charge in [0.2, 0.25) is 0 Å². The van der Waals surface area contributed by atoms with Crippen LogP contribution in [0.15, 0.2) is 113 Å². The van der Waals surface area contributed by atoms with Crippen molar-refractivity contribution >= 4 is 43.5 Å². The lowest BCUT2D eigenvalue weighted by Crippen LogP contribution is -2.44. The number of hydrogen-bond acceptors (Lipinski definition) is 6. The molecule has 4 aromatic rings. The molecule has 0 amide bonds. The molecule has 4 aromatic carbocycles. The highest BCUT2D eigenvalue weighted by Gasteiger charge is 2.40. The number of fused-ring (bicyclic) bond motifs is 1. The van der Waals surface area contributed by atoms with E-state index in [1.165, 1.54) is 41.8 Å². The summed E-state index contributed by atoms with van der Waals surface area (Å²) in [4.78, 5) is 12.7. The molecule has 0 unspecified atom stereocenters. The van der Waals surface area contributed by atoms with Crippen LogP contribution in [0.5, 0.6) is 0 Å². The summed E-state index contributed by atoms with van der Waals surface area (Å²) in [6.45, 7) is 3.41. The van der Waals surface area contributed by atoms with E-state index in [0.29, 0.717) is 5.56 Å². The molecule has 0 atom stereocenters. The highest BCUT2D eigenvalue weighted by Crippen LogP contribution is 2.43. The molecular formula is C31H28N2O6S2. The average Bonchev–Trinajstić information content (AvgIpc) is 2.97. The molecule has 210 valence electrons. The zero-order chi connectivity index (χ0) is 29.4. The van der Waals surface area contributed by atoms with Crippen LogP contribution in [0.2, 0.25) is 0 Å². The van der Waals surface area contributed by atoms with Crippen LogP contribution in [0.25, 0.3) is 6.08 Å². The second kappa shape index (κ2) is 10.9. The summed E-state index contributed by atoms with van der Waals surface area (Å²) < 4.78 is 63.7. The van der Waals surface area contributed by atoms with Crippen molar-refractivity contribution in [3.8, 4) is 0 Å². The zero-order valence-corrected chi connectivity index (χ0v) is 24.3. The van der Waals surface area contributed by atoms with E-state index in [2.05, 4.69) is 0 Å². The molecule has 5 rings (SSSR count). The number of aryl methyl sites for hydroxylation is 2. The number of para-hydroxylation sites is 2. The van der Waals surface area contributed by atoms with Gasteiger partial charge in [0.15, 0.2) is 0 Å². The first-order chi connectivity index (χ1) is 19.5. The van der Waals surface area contributed by atoms with E-state index in [-0.39, 0.29) is 39.0 Å². The summed E-state index contributed by atoms with van der Waals surface area (Å²) in [6.07, 6.45) is 1.52. The highest BCUT2D eigenvalue weighted by atomic mass is 32.2. The minimum Gasteiger partial charge on any atom is -0.465 e. The Labute approximate surface area is 240 Å². The van der Waals surface area contributed by atoms with E-state index in [9.17, 15) is 21.6 Å². The number of sulfonamides is 2. The predicted molar refractivity (Wildman–Crippen MR) is 159 cm³/mol. The van der Waals surface area contributed by atoms with Gasteiger partial charge in [-0.25, -0.2) is 25.9 Å². The van der Waals surface area contributed by atoms with Gasteiger partial charge in [-0.2, -0.15) is 0 Å². The van der Waals surface area contributed by atoms with Crippen molar-refractivity contribution in [1.29, 1.82) is 0 Å². The Hall–Kier alpha value is -4.41. The molecular weight excluding hydrogens is 560 g/mol. The van der Waals surface area contributed by atoms with Crippen LogP contribution in [-0.2, 0) is 24.8 Å². The molecule has 0 spiro atoms. The maximum atomic E-state index is 14.2. The van der Waals surface area contributed by atoms with Gasteiger partial charge in [-0.3, -0.25) is 4.31 Å². The SMILES string of the molecule is COC(=O)c1ccccc1C=C1CN(S(=O)(=O)c2ccc(C)cc2)c2ccccc2N1S(=O)(=O)c1ccc(C)cc1. The fourth-order valence-electron chi connectivity index (χ4n) is 4.65. The van der Waals surface area contributed by atoms with Gasteiger partial charge in [-0.15, -0.1) is 0 Å². The standard InChI is InChI=1S/C31H28N2O6S2/c1-22-12-16-26(17-13-22)40(35,36)32-21-25(20-24-8-4-5-9-28(24)31(34)39-3)33(30-11-7-6-10-29(30)32)41(37,38)27-18-14-23(2)15-19-27/h4-20H,21H2,1-3H3. The van der Waals surface area contributed by atoms with Crippen molar-refractivity contribution in [2.24, 2.45) is 0 Å². The van der Waals surface area contributed by atoms with Crippen LogP contribution in [0.3, 0.4) is 0 Å². The first-order valence-corrected chi connectivity index (χ1v) is 15.6. The molecule has 0 aliphatic carbocycles. The van der Waals surface area contributed by atoms with E-state index in [4.69, 9.17) is 4.74 Å². The van der Waals surface area contributed by atoms with Crippen molar-refractivity contribution in [3.63, 3.8) is 0 Å². The van der Waals surface area contributed by atoms with Crippen LogP contribution in [0.1, 0.15) is 27.0 Å². The minimum atomic E-state index is -4.21. The third-order valence-electron chi connectivity index (χ3n) is 6.79. The van der Waals surface area contributed by atoms with Gasteiger partial charge in [0.25, 0.3) is 20.0 Å². The van der Waals surface area contributed by atoms with Crippen LogP contribution in [0.4, 0.5) is 11.4 Å². The Morgan fingerprint density at radius 1 is 0.707 bits per heavy atom. The summed E-state index contributed by atoms with van der Waals surface area (Å²) in [5.74, 6) is -0.606. The molecule has 0 aromatic heterocycles. The number of nitrogens with zero attached hydrogens (tertiary/aromatic N) is 2. The van der Waals surface area contributed by atoms with Crippen molar-refractivity contribution in [3.05, 3.63) is 125 Å². The van der Waals surface area contributed by atoms with Crippen molar-refractivity contribution in [1.82, 2.24) is 0 Å². The number of methoxy groups -OCH3 is 1. The van der Waals surface area contributed by atoms with E-state index < -0.39 is 26.0 Å². The molecule has 0 saturated heterocycles. The number of rotatable bonds is 6. The Morgan fingerprint density at radius 3 is 1.80 bits per heavy atom. The monoisotopic (exact) mass is 588 g/mol. The summed E-state index contributed by atoms with van der Waals surface area (Å²) in [7, 11) is -7.06. The third kappa shape index (κ3) is 5.23. The van der Waals surface area contributed by atoms with Crippen LogP contribution >= 0.6 is 0 Å².